The zero-order chi connectivity index (χ0) is 24.1. The summed E-state index contributed by atoms with van der Waals surface area (Å²) in [6, 6.07) is 11.2. The van der Waals surface area contributed by atoms with Crippen molar-refractivity contribution in [3.63, 3.8) is 0 Å². The molecule has 1 aromatic rings. The molecule has 1 unspecified atom stereocenters. The van der Waals surface area contributed by atoms with E-state index in [4.69, 9.17) is 9.47 Å². The minimum absolute atomic E-state index is 0.323. The molecular formula is C30H54O2Sn. The molecule has 0 radical (unpaired) electrons. The van der Waals surface area contributed by atoms with Crippen LogP contribution >= 0.6 is 0 Å². The molecule has 1 aliphatic rings. The molecule has 0 heterocycles. The first kappa shape index (κ1) is 29.2. The van der Waals surface area contributed by atoms with Crippen LogP contribution < -0.4 is 0 Å². The van der Waals surface area contributed by atoms with Crippen molar-refractivity contribution in [2.24, 2.45) is 17.8 Å². The average Bonchev–Trinajstić information content (AvgIpc) is 2.82. The second kappa shape index (κ2) is 15.8. The SMILES string of the molecule is CCC[CH2][Sn]([CH2]CCC)([CH2]CCC)[CH](OCO[C@@H]1C[C@H](C)CC[C@H]1C(C)C)c1ccccc1. The molecule has 0 aliphatic heterocycles. The Morgan fingerprint density at radius 1 is 0.879 bits per heavy atom. The molecule has 33 heavy (non-hydrogen) atoms. The fraction of sp³-hybridized carbons (Fsp3) is 0.800. The summed E-state index contributed by atoms with van der Waals surface area (Å²) >= 11 is -2.63. The summed E-state index contributed by atoms with van der Waals surface area (Å²) in [5.41, 5.74) is 1.43. The van der Waals surface area contributed by atoms with Crippen LogP contribution in [-0.4, -0.2) is 31.3 Å². The van der Waals surface area contributed by atoms with E-state index >= 15 is 0 Å². The molecule has 0 N–H and O–H groups in total. The summed E-state index contributed by atoms with van der Waals surface area (Å²) in [6.07, 6.45) is 12.2. The van der Waals surface area contributed by atoms with Gasteiger partial charge in [0.15, 0.2) is 0 Å². The summed E-state index contributed by atoms with van der Waals surface area (Å²) in [4.78, 5) is 0. The third-order valence-electron chi connectivity index (χ3n) is 8.22. The van der Waals surface area contributed by atoms with E-state index in [1.807, 2.05) is 0 Å². The van der Waals surface area contributed by atoms with Crippen molar-refractivity contribution in [1.82, 2.24) is 0 Å². The number of ether oxygens (including phenoxy) is 2. The van der Waals surface area contributed by atoms with Crippen LogP contribution in [0.2, 0.25) is 13.3 Å². The van der Waals surface area contributed by atoms with Gasteiger partial charge in [0.25, 0.3) is 0 Å². The van der Waals surface area contributed by atoms with Crippen molar-refractivity contribution in [3.8, 4) is 0 Å². The van der Waals surface area contributed by atoms with Gasteiger partial charge < -0.3 is 0 Å². The van der Waals surface area contributed by atoms with E-state index in [0.717, 1.165) is 5.92 Å². The topological polar surface area (TPSA) is 18.5 Å². The van der Waals surface area contributed by atoms with Gasteiger partial charge in [0.2, 0.25) is 0 Å². The first-order valence-corrected chi connectivity index (χ1v) is 22.0. The van der Waals surface area contributed by atoms with Gasteiger partial charge in [-0.05, 0) is 0 Å². The van der Waals surface area contributed by atoms with Gasteiger partial charge in [-0.15, -0.1) is 0 Å². The van der Waals surface area contributed by atoms with Crippen LogP contribution in [0.3, 0.4) is 0 Å². The molecule has 3 heteroatoms. The Hall–Kier alpha value is -0.0613. The van der Waals surface area contributed by atoms with E-state index in [2.05, 4.69) is 71.9 Å². The summed E-state index contributed by atoms with van der Waals surface area (Å²) in [5, 5.41) is 0. The summed E-state index contributed by atoms with van der Waals surface area (Å²) in [5.74, 6) is 2.13. The zero-order valence-electron chi connectivity index (χ0n) is 22.8. The Balaban J connectivity index is 2.25. The first-order chi connectivity index (χ1) is 16.0. The van der Waals surface area contributed by atoms with Crippen molar-refractivity contribution in [3.05, 3.63) is 35.9 Å². The van der Waals surface area contributed by atoms with Crippen LogP contribution in [0.1, 0.15) is 109 Å². The second-order valence-electron chi connectivity index (χ2n) is 11.3. The average molecular weight is 565 g/mol. The molecule has 4 atom stereocenters. The maximum atomic E-state index is 6.92. The Morgan fingerprint density at radius 2 is 1.45 bits per heavy atom. The Morgan fingerprint density at radius 3 is 1.97 bits per heavy atom. The second-order valence-corrected chi connectivity index (χ2v) is 24.8. The van der Waals surface area contributed by atoms with Crippen molar-refractivity contribution < 1.29 is 9.47 Å². The molecule has 2 rings (SSSR count). The molecule has 0 bridgehead atoms. The van der Waals surface area contributed by atoms with Gasteiger partial charge >= 0.3 is 211 Å². The minimum atomic E-state index is -2.63. The fourth-order valence-corrected chi connectivity index (χ4v) is 23.3. The Kier molecular flexibility index (Phi) is 14.0. The number of hydrogen-bond donors (Lipinski definition) is 0. The Labute approximate surface area is 210 Å². The van der Waals surface area contributed by atoms with Gasteiger partial charge in [-0.2, -0.15) is 0 Å². The van der Waals surface area contributed by atoms with Gasteiger partial charge in [-0.3, -0.25) is 0 Å². The third-order valence-corrected chi connectivity index (χ3v) is 24.4. The molecule has 1 aromatic carbocycles. The zero-order valence-corrected chi connectivity index (χ0v) is 25.6. The molecule has 1 saturated carbocycles. The van der Waals surface area contributed by atoms with E-state index < -0.39 is 18.4 Å². The van der Waals surface area contributed by atoms with Gasteiger partial charge in [0.05, 0.1) is 0 Å². The number of hydrogen-bond acceptors (Lipinski definition) is 2. The van der Waals surface area contributed by atoms with Crippen molar-refractivity contribution in [2.75, 3.05) is 6.79 Å². The molecule has 0 amide bonds. The number of unbranched alkanes of at least 4 members (excludes halogenated alkanes) is 3. The van der Waals surface area contributed by atoms with E-state index in [-0.39, 0.29) is 0 Å². The monoisotopic (exact) mass is 566 g/mol. The molecule has 2 nitrogen and oxygen atoms in total. The van der Waals surface area contributed by atoms with E-state index in [1.54, 1.807) is 0 Å². The molecule has 1 fully saturated rings. The van der Waals surface area contributed by atoms with Gasteiger partial charge in [-0.1, -0.05) is 0 Å². The van der Waals surface area contributed by atoms with Crippen LogP contribution in [0.15, 0.2) is 30.3 Å². The van der Waals surface area contributed by atoms with E-state index in [9.17, 15) is 0 Å². The predicted molar refractivity (Wildman–Crippen MR) is 146 cm³/mol. The van der Waals surface area contributed by atoms with E-state index in [0.29, 0.717) is 28.9 Å². The van der Waals surface area contributed by atoms with Gasteiger partial charge in [0, 0.05) is 0 Å². The molecule has 0 saturated heterocycles. The predicted octanol–water partition coefficient (Wildman–Crippen LogP) is 9.57. The first-order valence-electron chi connectivity index (χ1n) is 14.3. The van der Waals surface area contributed by atoms with Crippen LogP contribution in [0.5, 0.6) is 0 Å². The molecule has 0 spiro atoms. The quantitative estimate of drug-likeness (QED) is 0.147. The Bertz CT molecular complexity index is 595. The van der Waals surface area contributed by atoms with Crippen molar-refractivity contribution in [2.45, 2.75) is 123 Å². The fourth-order valence-electron chi connectivity index (χ4n) is 6.11. The van der Waals surface area contributed by atoms with Gasteiger partial charge in [-0.25, -0.2) is 0 Å². The van der Waals surface area contributed by atoms with Crippen molar-refractivity contribution >= 4 is 18.4 Å². The number of benzene rings is 1. The summed E-state index contributed by atoms with van der Waals surface area (Å²) < 4.78 is 18.2. The molecule has 0 aromatic heterocycles. The van der Waals surface area contributed by atoms with Crippen LogP contribution in [0, 0.1) is 17.8 Å². The van der Waals surface area contributed by atoms with Crippen molar-refractivity contribution in [1.29, 1.82) is 0 Å². The van der Waals surface area contributed by atoms with Crippen LogP contribution in [0.25, 0.3) is 0 Å². The maximum absolute atomic E-state index is 6.92. The summed E-state index contributed by atoms with van der Waals surface area (Å²) in [7, 11) is 0. The van der Waals surface area contributed by atoms with Crippen LogP contribution in [-0.2, 0) is 9.47 Å². The molecule has 190 valence electrons. The third kappa shape index (κ3) is 9.15. The molecular weight excluding hydrogens is 511 g/mol. The standard InChI is InChI=1S/C18H27O2.3C4H9.Sn/c1-14(2)17-10-9-15(3)11-18(17)20-13-19-12-16-7-5-4-6-8-16;3*1-3-4-2;/h4-8,12,14-15,17-18H,9-11,13H2,1-3H3;3*1,3-4H2,2H3;/t15-,17+,18-;;;;/m1..../s1. The van der Waals surface area contributed by atoms with Gasteiger partial charge in [0.1, 0.15) is 0 Å². The summed E-state index contributed by atoms with van der Waals surface area (Å²) in [6.45, 7) is 14.7. The van der Waals surface area contributed by atoms with E-state index in [1.165, 1.54) is 76.7 Å². The normalized spacial score (nSPS) is 22.6. The number of rotatable bonds is 16. The van der Waals surface area contributed by atoms with Crippen LogP contribution in [0.4, 0.5) is 0 Å². The molecule has 1 aliphatic carbocycles.